The SMILES string of the molecule is CC1(C)OB(c2ccc(-c3cccc4nc5oc6ccccc6n5c34)cc2)OC1(C)C. The first kappa shape index (κ1) is 18.7. The van der Waals surface area contributed by atoms with Gasteiger partial charge in [-0.15, -0.1) is 0 Å². The fourth-order valence-corrected chi connectivity index (χ4v) is 4.26. The summed E-state index contributed by atoms with van der Waals surface area (Å²) in [5, 5.41) is 0. The van der Waals surface area contributed by atoms with Crippen molar-refractivity contribution in [2.24, 2.45) is 0 Å². The molecule has 6 heteroatoms. The average Bonchev–Trinajstić information content (AvgIpc) is 3.35. The number of fused-ring (bicyclic) bond motifs is 5. The maximum atomic E-state index is 6.20. The largest absolute Gasteiger partial charge is 0.494 e. The molecule has 0 unspecified atom stereocenters. The van der Waals surface area contributed by atoms with Gasteiger partial charge in [0.2, 0.25) is 0 Å². The third-order valence-corrected chi connectivity index (χ3v) is 6.70. The van der Waals surface area contributed by atoms with E-state index in [2.05, 4.69) is 68.5 Å². The minimum atomic E-state index is -0.366. The monoisotopic (exact) mass is 410 g/mol. The number of rotatable bonds is 2. The minimum Gasteiger partial charge on any atom is -0.423 e. The van der Waals surface area contributed by atoms with Gasteiger partial charge >= 0.3 is 13.0 Å². The zero-order valence-corrected chi connectivity index (χ0v) is 18.0. The molecule has 0 radical (unpaired) electrons. The maximum absolute atomic E-state index is 6.20. The minimum absolute atomic E-state index is 0.354. The van der Waals surface area contributed by atoms with Crippen molar-refractivity contribution in [1.82, 2.24) is 9.38 Å². The number of benzene rings is 3. The Morgan fingerprint density at radius 2 is 1.52 bits per heavy atom. The van der Waals surface area contributed by atoms with Crippen LogP contribution in [0.1, 0.15) is 27.7 Å². The number of hydrogen-bond acceptors (Lipinski definition) is 4. The molecule has 31 heavy (non-hydrogen) atoms. The van der Waals surface area contributed by atoms with E-state index in [4.69, 9.17) is 18.7 Å². The highest BCUT2D eigenvalue weighted by molar-refractivity contribution is 6.62. The summed E-state index contributed by atoms with van der Waals surface area (Å²) in [6.07, 6.45) is 0. The van der Waals surface area contributed by atoms with Crippen LogP contribution >= 0.6 is 0 Å². The molecule has 0 bridgehead atoms. The topological polar surface area (TPSA) is 48.9 Å². The van der Waals surface area contributed by atoms with E-state index >= 15 is 0 Å². The van der Waals surface area contributed by atoms with Gasteiger partial charge in [0.1, 0.15) is 0 Å². The Hall–Kier alpha value is -3.09. The number of nitrogens with zero attached hydrogens (tertiary/aromatic N) is 2. The standard InChI is InChI=1S/C25H23BN2O3/c1-24(2)25(3,4)31-26(30-24)17-14-12-16(13-15-17)18-8-7-9-19-22(18)28-20-10-5-6-11-21(20)29-23(28)27-19/h5-15H,1-4H3. The molecule has 3 heterocycles. The van der Waals surface area contributed by atoms with Crippen LogP contribution in [0.4, 0.5) is 0 Å². The van der Waals surface area contributed by atoms with Gasteiger partial charge in [0, 0.05) is 5.56 Å². The molecule has 0 atom stereocenters. The average molecular weight is 410 g/mol. The van der Waals surface area contributed by atoms with Crippen molar-refractivity contribution in [1.29, 1.82) is 0 Å². The Morgan fingerprint density at radius 1 is 0.806 bits per heavy atom. The Balaban J connectivity index is 1.46. The molecular weight excluding hydrogens is 387 g/mol. The van der Waals surface area contributed by atoms with E-state index in [-0.39, 0.29) is 18.3 Å². The molecule has 3 aromatic carbocycles. The Bertz CT molecular complexity index is 1430. The van der Waals surface area contributed by atoms with Crippen LogP contribution in [-0.2, 0) is 9.31 Å². The Labute approximate surface area is 180 Å². The van der Waals surface area contributed by atoms with Crippen LogP contribution in [0.25, 0.3) is 39.1 Å². The molecule has 0 spiro atoms. The molecule has 6 rings (SSSR count). The summed E-state index contributed by atoms with van der Waals surface area (Å²) >= 11 is 0. The first-order valence-corrected chi connectivity index (χ1v) is 10.6. The zero-order chi connectivity index (χ0) is 21.4. The predicted molar refractivity (Wildman–Crippen MR) is 124 cm³/mol. The van der Waals surface area contributed by atoms with Crippen LogP contribution in [0.15, 0.2) is 71.1 Å². The molecule has 1 aliphatic heterocycles. The van der Waals surface area contributed by atoms with Gasteiger partial charge in [0.15, 0.2) is 5.58 Å². The lowest BCUT2D eigenvalue weighted by atomic mass is 9.78. The second-order valence-corrected chi connectivity index (χ2v) is 9.18. The van der Waals surface area contributed by atoms with Crippen LogP contribution in [0.5, 0.6) is 0 Å². The summed E-state index contributed by atoms with van der Waals surface area (Å²) in [7, 11) is -0.366. The number of imidazole rings is 1. The first-order chi connectivity index (χ1) is 14.8. The van der Waals surface area contributed by atoms with Crippen molar-refractivity contribution in [3.8, 4) is 11.1 Å². The van der Waals surface area contributed by atoms with Gasteiger partial charge < -0.3 is 13.7 Å². The normalized spacial score (nSPS) is 17.9. The van der Waals surface area contributed by atoms with Gasteiger partial charge in [-0.05, 0) is 56.9 Å². The van der Waals surface area contributed by atoms with Crippen LogP contribution < -0.4 is 5.46 Å². The van der Waals surface area contributed by atoms with Crippen molar-refractivity contribution in [3.05, 3.63) is 66.7 Å². The molecule has 1 aliphatic rings. The van der Waals surface area contributed by atoms with E-state index in [1.54, 1.807) is 0 Å². The van der Waals surface area contributed by atoms with E-state index < -0.39 is 0 Å². The quantitative estimate of drug-likeness (QED) is 0.376. The molecule has 2 aromatic heterocycles. The fraction of sp³-hybridized carbons (Fsp3) is 0.240. The summed E-state index contributed by atoms with van der Waals surface area (Å²) in [6, 6.07) is 22.6. The van der Waals surface area contributed by atoms with Gasteiger partial charge in [-0.3, -0.25) is 4.40 Å². The van der Waals surface area contributed by atoms with Crippen molar-refractivity contribution in [3.63, 3.8) is 0 Å². The first-order valence-electron chi connectivity index (χ1n) is 10.6. The highest BCUT2D eigenvalue weighted by Crippen LogP contribution is 2.37. The number of aromatic nitrogens is 2. The summed E-state index contributed by atoms with van der Waals surface area (Å²) in [6.45, 7) is 8.29. The van der Waals surface area contributed by atoms with Crippen LogP contribution in [0, 0.1) is 0 Å². The number of para-hydroxylation sites is 3. The van der Waals surface area contributed by atoms with Gasteiger partial charge in [-0.2, -0.15) is 4.98 Å². The summed E-state index contributed by atoms with van der Waals surface area (Å²) in [5.41, 5.74) is 6.33. The number of oxazole rings is 1. The third kappa shape index (κ3) is 2.68. The fourth-order valence-electron chi connectivity index (χ4n) is 4.26. The molecule has 1 saturated heterocycles. The van der Waals surface area contributed by atoms with Crippen LogP contribution in [-0.4, -0.2) is 27.7 Å². The molecule has 1 fully saturated rings. The predicted octanol–water partition coefficient (Wildman–Crippen LogP) is 5.20. The highest BCUT2D eigenvalue weighted by Gasteiger charge is 2.51. The van der Waals surface area contributed by atoms with Gasteiger partial charge in [0.25, 0.3) is 0 Å². The van der Waals surface area contributed by atoms with Crippen molar-refractivity contribution < 1.29 is 13.7 Å². The molecule has 5 nitrogen and oxygen atoms in total. The Morgan fingerprint density at radius 3 is 2.26 bits per heavy atom. The van der Waals surface area contributed by atoms with E-state index in [9.17, 15) is 0 Å². The lowest BCUT2D eigenvalue weighted by Crippen LogP contribution is -2.41. The second-order valence-electron chi connectivity index (χ2n) is 9.18. The smallest absolute Gasteiger partial charge is 0.423 e. The zero-order valence-electron chi connectivity index (χ0n) is 18.0. The van der Waals surface area contributed by atoms with E-state index in [0.29, 0.717) is 5.84 Å². The number of hydrogen-bond donors (Lipinski definition) is 0. The third-order valence-electron chi connectivity index (χ3n) is 6.70. The summed E-state index contributed by atoms with van der Waals surface area (Å²) in [4.78, 5) is 4.71. The van der Waals surface area contributed by atoms with Gasteiger partial charge in [-0.1, -0.05) is 48.5 Å². The van der Waals surface area contributed by atoms with Crippen molar-refractivity contribution in [2.45, 2.75) is 38.9 Å². The second kappa shape index (κ2) is 6.22. The van der Waals surface area contributed by atoms with E-state index in [1.807, 2.05) is 30.3 Å². The molecule has 0 saturated carbocycles. The summed E-state index contributed by atoms with van der Waals surface area (Å²) < 4.78 is 20.5. The van der Waals surface area contributed by atoms with E-state index in [1.165, 1.54) is 0 Å². The van der Waals surface area contributed by atoms with Gasteiger partial charge in [-0.25, -0.2) is 0 Å². The molecule has 154 valence electrons. The lowest BCUT2D eigenvalue weighted by Gasteiger charge is -2.32. The van der Waals surface area contributed by atoms with Crippen molar-refractivity contribution >= 4 is 40.6 Å². The Kier molecular flexibility index (Phi) is 3.74. The molecule has 5 aromatic rings. The van der Waals surface area contributed by atoms with Gasteiger partial charge in [0.05, 0.1) is 27.8 Å². The van der Waals surface area contributed by atoms with Crippen molar-refractivity contribution in [2.75, 3.05) is 0 Å². The maximum Gasteiger partial charge on any atom is 0.494 e. The highest BCUT2D eigenvalue weighted by atomic mass is 16.7. The van der Waals surface area contributed by atoms with Crippen LogP contribution in [0.2, 0.25) is 0 Å². The lowest BCUT2D eigenvalue weighted by molar-refractivity contribution is 0.00578. The van der Waals surface area contributed by atoms with E-state index in [0.717, 1.165) is 38.7 Å². The molecule has 0 N–H and O–H groups in total. The molecule has 0 aliphatic carbocycles. The molecule has 0 amide bonds. The van der Waals surface area contributed by atoms with Crippen LogP contribution in [0.3, 0.4) is 0 Å². The summed E-state index contributed by atoms with van der Waals surface area (Å²) in [5.74, 6) is 0.609. The molecular formula is C25H23BN2O3.